The molecule has 0 aromatic carbocycles. The summed E-state index contributed by atoms with van der Waals surface area (Å²) in [5.41, 5.74) is 0. The van der Waals surface area contributed by atoms with Gasteiger partial charge in [0.1, 0.15) is 23.2 Å². The Labute approximate surface area is 316 Å². The van der Waals surface area contributed by atoms with Gasteiger partial charge < -0.3 is 25.7 Å². The van der Waals surface area contributed by atoms with Crippen LogP contribution in [0.5, 0.6) is 0 Å². The van der Waals surface area contributed by atoms with Gasteiger partial charge in [-0.15, -0.1) is 0 Å². The molecule has 0 saturated carbocycles. The lowest BCUT2D eigenvalue weighted by molar-refractivity contribution is -0.192. The lowest BCUT2D eigenvalue weighted by atomic mass is 10.0. The number of hydrogen-bond acceptors (Lipinski definition) is 12. The van der Waals surface area contributed by atoms with Crippen molar-refractivity contribution in [3.05, 3.63) is 24.4 Å². The number of amides is 1. The molecule has 15 nitrogen and oxygen atoms in total. The average molecular weight is 799 g/mol. The molecule has 20 heteroatoms. The second-order valence-corrected chi connectivity index (χ2v) is 15.5. The number of nitrogens with one attached hydrogen (secondary N) is 1. The summed E-state index contributed by atoms with van der Waals surface area (Å²) in [5, 5.41) is 41.0. The lowest BCUT2D eigenvalue weighted by Crippen LogP contribution is -2.63. The van der Waals surface area contributed by atoms with E-state index in [0.717, 1.165) is 5.03 Å². The molecule has 1 aliphatic rings. The first-order valence-corrected chi connectivity index (χ1v) is 19.3. The van der Waals surface area contributed by atoms with Crippen LogP contribution in [0.25, 0.3) is 0 Å². The minimum absolute atomic E-state index is 0.173. The Kier molecular flexibility index (Phi) is 20.1. The van der Waals surface area contributed by atoms with Gasteiger partial charge in [0.15, 0.2) is 0 Å². The van der Waals surface area contributed by atoms with E-state index in [-0.39, 0.29) is 43.2 Å². The first kappa shape index (κ1) is 47.9. The molecule has 1 saturated heterocycles. The number of alkyl halides is 3. The Morgan fingerprint density at radius 2 is 1.09 bits per heavy atom. The predicted octanol–water partition coefficient (Wildman–Crippen LogP) is 3.15. The number of rotatable bonds is 13. The van der Waals surface area contributed by atoms with Gasteiger partial charge in [-0.25, -0.2) is 9.78 Å². The maximum absolute atomic E-state index is 13.5. The average Bonchev–Trinajstić information content (AvgIpc) is 3.08. The molecule has 8 atom stereocenters. The number of carbonyl (C=O) groups is 5. The van der Waals surface area contributed by atoms with Crippen LogP contribution in [0.15, 0.2) is 29.4 Å². The standard InChI is InChI=1S/C31H52N6O7S2.C2HF3O2/c1-19-16-35(24(6)29(39)40)21(3)18-37(26(8)31(43)44)22(4)17-36(25(7)30(41)42)20(2)15-34(19)23(5)28(38)33-13-14-45-46-27-11-9-10-12-32-27;3-2(4,5)1(6)7/h9-12,19-26H,13-18H2,1-8H3,(H,33,38)(H,39,40)(H,41,42)(H,43,44);(H,6,7)/t19-,20-,21-,22-,23-,24-,25-,26-;/m0./s1. The zero-order valence-corrected chi connectivity index (χ0v) is 32.8. The number of hydrogen-bond donors (Lipinski definition) is 5. The molecule has 1 aliphatic heterocycles. The highest BCUT2D eigenvalue weighted by molar-refractivity contribution is 8.76. The van der Waals surface area contributed by atoms with Crippen molar-refractivity contribution in [1.82, 2.24) is 29.9 Å². The van der Waals surface area contributed by atoms with E-state index in [1.165, 1.54) is 10.8 Å². The van der Waals surface area contributed by atoms with E-state index in [0.29, 0.717) is 25.4 Å². The molecule has 0 bridgehead atoms. The lowest BCUT2D eigenvalue weighted by Gasteiger charge is -2.47. The summed E-state index contributed by atoms with van der Waals surface area (Å²) in [7, 11) is 3.13. The SMILES string of the molecule is C[C@H]1CN([C@@H](C)C(=O)O)[C@@H](C)CN([C@@H](C)C(=O)NCCSSc2ccccn2)[C@@H](C)CN([C@@H](C)C(=O)O)[C@@H](C)CN1[C@@H](C)C(=O)O.O=C(O)C(F)(F)F. The van der Waals surface area contributed by atoms with Gasteiger partial charge in [0.05, 0.1) is 6.04 Å². The molecule has 1 amide bonds. The van der Waals surface area contributed by atoms with Crippen molar-refractivity contribution in [3.8, 4) is 0 Å². The summed E-state index contributed by atoms with van der Waals surface area (Å²) in [6.45, 7) is 15.9. The Balaban J connectivity index is 0.00000181. The number of carboxylic acids is 4. The van der Waals surface area contributed by atoms with Crippen molar-refractivity contribution in [2.45, 2.75) is 115 Å². The molecule has 0 radical (unpaired) electrons. The van der Waals surface area contributed by atoms with Crippen molar-refractivity contribution < 1.29 is 57.6 Å². The normalized spacial score (nSPS) is 23.8. The first-order chi connectivity index (χ1) is 24.5. The Bertz CT molecular complexity index is 1330. The topological polar surface area (TPSA) is 204 Å². The van der Waals surface area contributed by atoms with E-state index in [2.05, 4.69) is 10.3 Å². The number of nitrogens with zero attached hydrogens (tertiary/aromatic N) is 5. The van der Waals surface area contributed by atoms with Gasteiger partial charge >= 0.3 is 30.1 Å². The van der Waals surface area contributed by atoms with Crippen LogP contribution in [0.2, 0.25) is 0 Å². The Morgan fingerprint density at radius 1 is 0.736 bits per heavy atom. The van der Waals surface area contributed by atoms with Gasteiger partial charge in [0.2, 0.25) is 5.91 Å². The summed E-state index contributed by atoms with van der Waals surface area (Å²) in [6.07, 6.45) is -3.35. The van der Waals surface area contributed by atoms with Crippen molar-refractivity contribution in [2.24, 2.45) is 0 Å². The highest BCUT2D eigenvalue weighted by Gasteiger charge is 2.39. The third-order valence-electron chi connectivity index (χ3n) is 9.12. The maximum atomic E-state index is 13.5. The molecule has 2 rings (SSSR count). The zero-order chi connectivity index (χ0) is 40.8. The van der Waals surface area contributed by atoms with Crippen LogP contribution in [0.3, 0.4) is 0 Å². The molecule has 5 N–H and O–H groups in total. The van der Waals surface area contributed by atoms with Crippen molar-refractivity contribution >= 4 is 51.4 Å². The molecule has 0 aliphatic carbocycles. The summed E-state index contributed by atoms with van der Waals surface area (Å²) in [5.74, 6) is -5.26. The monoisotopic (exact) mass is 798 g/mol. The molecule has 53 heavy (non-hydrogen) atoms. The van der Waals surface area contributed by atoms with E-state index in [9.17, 15) is 47.7 Å². The fourth-order valence-electron chi connectivity index (χ4n) is 5.96. The van der Waals surface area contributed by atoms with Crippen LogP contribution in [0.1, 0.15) is 55.4 Å². The van der Waals surface area contributed by atoms with Gasteiger partial charge in [-0.1, -0.05) is 16.9 Å². The fraction of sp³-hybridized carbons (Fsp3) is 0.697. The molecular formula is C33H53F3N6O9S2. The third-order valence-corrected chi connectivity index (χ3v) is 11.4. The van der Waals surface area contributed by atoms with Gasteiger partial charge in [0.25, 0.3) is 0 Å². The minimum atomic E-state index is -5.08. The van der Waals surface area contributed by atoms with Crippen LogP contribution in [-0.4, -0.2) is 168 Å². The van der Waals surface area contributed by atoms with Gasteiger partial charge in [-0.3, -0.25) is 38.8 Å². The van der Waals surface area contributed by atoms with Gasteiger partial charge in [-0.05, 0) is 78.3 Å². The summed E-state index contributed by atoms with van der Waals surface area (Å²) < 4.78 is 31.7. The quantitative estimate of drug-likeness (QED) is 0.144. The number of aliphatic carboxylic acids is 4. The van der Waals surface area contributed by atoms with E-state index < -0.39 is 54.2 Å². The van der Waals surface area contributed by atoms with E-state index in [1.807, 2.05) is 72.4 Å². The molecule has 2 heterocycles. The van der Waals surface area contributed by atoms with E-state index >= 15 is 0 Å². The van der Waals surface area contributed by atoms with Crippen molar-refractivity contribution in [3.63, 3.8) is 0 Å². The number of pyridine rings is 1. The summed E-state index contributed by atoms with van der Waals surface area (Å²) in [4.78, 5) is 70.8. The van der Waals surface area contributed by atoms with Gasteiger partial charge in [-0.2, -0.15) is 13.2 Å². The number of carbonyl (C=O) groups excluding carboxylic acids is 1. The van der Waals surface area contributed by atoms with E-state index in [4.69, 9.17) is 9.90 Å². The van der Waals surface area contributed by atoms with E-state index in [1.54, 1.807) is 37.8 Å². The Hall–Kier alpha value is -3.17. The smallest absolute Gasteiger partial charge is 0.480 e. The first-order valence-electron chi connectivity index (χ1n) is 17.0. The maximum Gasteiger partial charge on any atom is 0.490 e. The van der Waals surface area contributed by atoms with Crippen LogP contribution >= 0.6 is 21.6 Å². The second kappa shape index (κ2) is 22.3. The van der Waals surface area contributed by atoms with Crippen LogP contribution in [0, 0.1) is 0 Å². The minimum Gasteiger partial charge on any atom is -0.480 e. The fourth-order valence-corrected chi connectivity index (χ4v) is 7.74. The number of carboxylic acid groups (broad SMARTS) is 4. The second-order valence-electron chi connectivity index (χ2n) is 13.1. The van der Waals surface area contributed by atoms with Crippen LogP contribution in [0.4, 0.5) is 13.2 Å². The summed E-state index contributed by atoms with van der Waals surface area (Å²) in [6, 6.07) is 1.15. The third kappa shape index (κ3) is 15.6. The molecule has 0 spiro atoms. The molecule has 0 unspecified atom stereocenters. The number of halogens is 3. The van der Waals surface area contributed by atoms with Gasteiger partial charge in [0, 0.05) is 68.8 Å². The molecule has 302 valence electrons. The van der Waals surface area contributed by atoms with Crippen molar-refractivity contribution in [1.29, 1.82) is 0 Å². The van der Waals surface area contributed by atoms with Crippen molar-refractivity contribution in [2.75, 3.05) is 38.5 Å². The highest BCUT2D eigenvalue weighted by Crippen LogP contribution is 2.28. The Morgan fingerprint density at radius 3 is 1.40 bits per heavy atom. The molecule has 1 aromatic rings. The van der Waals surface area contributed by atoms with Crippen LogP contribution < -0.4 is 5.32 Å². The molecular weight excluding hydrogens is 746 g/mol. The van der Waals surface area contributed by atoms with Crippen LogP contribution in [-0.2, 0) is 24.0 Å². The number of aromatic nitrogens is 1. The molecule has 1 aromatic heterocycles. The largest absolute Gasteiger partial charge is 0.490 e. The molecule has 1 fully saturated rings. The highest BCUT2D eigenvalue weighted by atomic mass is 33.1. The predicted molar refractivity (Wildman–Crippen MR) is 195 cm³/mol. The summed E-state index contributed by atoms with van der Waals surface area (Å²) >= 11 is 0. The zero-order valence-electron chi connectivity index (χ0n) is 31.2.